The number of aromatic amines is 1. The Hall–Kier alpha value is -3.23. The van der Waals surface area contributed by atoms with E-state index in [1.807, 2.05) is 12.1 Å². The van der Waals surface area contributed by atoms with Crippen LogP contribution in [0.25, 0.3) is 16.5 Å². The van der Waals surface area contributed by atoms with Gasteiger partial charge in [0.15, 0.2) is 0 Å². The molecule has 0 unspecified atom stereocenters. The highest BCUT2D eigenvalue weighted by atomic mass is 79.9. The van der Waals surface area contributed by atoms with E-state index >= 15 is 0 Å². The Morgan fingerprint density at radius 3 is 2.94 bits per heavy atom. The van der Waals surface area contributed by atoms with Crippen LogP contribution < -0.4 is 16.0 Å². The zero-order valence-electron chi connectivity index (χ0n) is 17.3. The molecule has 2 aromatic heterocycles. The largest absolute Gasteiger partial charge is 0.365 e. The Kier molecular flexibility index (Phi) is 5.87. The Morgan fingerprint density at radius 2 is 2.09 bits per heavy atom. The summed E-state index contributed by atoms with van der Waals surface area (Å²) in [5, 5.41) is 11.1. The van der Waals surface area contributed by atoms with Gasteiger partial charge in [0.2, 0.25) is 5.95 Å². The molecule has 6 nitrogen and oxygen atoms in total. The number of H-pyrrole nitrogens is 1. The minimum atomic E-state index is -0.256. The Labute approximate surface area is 193 Å². The van der Waals surface area contributed by atoms with Crippen LogP contribution in [0.5, 0.6) is 0 Å². The number of hydrogen-bond donors (Lipinski definition) is 4. The average molecular weight is 493 g/mol. The van der Waals surface area contributed by atoms with E-state index in [9.17, 15) is 4.39 Å². The maximum Gasteiger partial charge on any atom is 0.229 e. The maximum atomic E-state index is 13.4. The molecule has 1 aliphatic rings. The molecule has 0 atom stereocenters. The molecule has 4 aromatic rings. The summed E-state index contributed by atoms with van der Waals surface area (Å²) in [4.78, 5) is 12.3. The molecule has 0 saturated heterocycles. The summed E-state index contributed by atoms with van der Waals surface area (Å²) in [7, 11) is 0. The van der Waals surface area contributed by atoms with E-state index in [0.29, 0.717) is 18.3 Å². The Morgan fingerprint density at radius 1 is 1.16 bits per heavy atom. The van der Waals surface area contributed by atoms with Crippen molar-refractivity contribution in [1.82, 2.24) is 20.3 Å². The molecule has 5 rings (SSSR count). The monoisotopic (exact) mass is 492 g/mol. The van der Waals surface area contributed by atoms with E-state index in [2.05, 4.69) is 71.2 Å². The molecule has 0 aliphatic carbocycles. The highest BCUT2D eigenvalue weighted by Gasteiger charge is 2.12. The van der Waals surface area contributed by atoms with Crippen molar-refractivity contribution in [3.8, 4) is 0 Å². The highest BCUT2D eigenvalue weighted by molar-refractivity contribution is 9.10. The van der Waals surface area contributed by atoms with Gasteiger partial charge in [-0.2, -0.15) is 4.98 Å². The van der Waals surface area contributed by atoms with Gasteiger partial charge in [-0.05, 0) is 70.4 Å². The minimum absolute atomic E-state index is 0.256. The summed E-state index contributed by atoms with van der Waals surface area (Å²) in [6.45, 7) is 2.35. The lowest BCUT2D eigenvalue weighted by atomic mass is 9.99. The van der Waals surface area contributed by atoms with Gasteiger partial charge in [-0.1, -0.05) is 18.2 Å². The summed E-state index contributed by atoms with van der Waals surface area (Å²) in [5.41, 5.74) is 5.43. The van der Waals surface area contributed by atoms with Gasteiger partial charge in [-0.3, -0.25) is 0 Å². The van der Waals surface area contributed by atoms with Crippen molar-refractivity contribution in [2.45, 2.75) is 13.0 Å². The molecule has 0 bridgehead atoms. The zero-order chi connectivity index (χ0) is 21.9. The molecule has 0 amide bonds. The first-order chi connectivity index (χ1) is 15.7. The second kappa shape index (κ2) is 9.10. The lowest BCUT2D eigenvalue weighted by molar-refractivity contribution is 0.626. The molecule has 2 aromatic carbocycles. The summed E-state index contributed by atoms with van der Waals surface area (Å²) in [5.74, 6) is 0.857. The van der Waals surface area contributed by atoms with E-state index in [1.54, 1.807) is 12.3 Å². The van der Waals surface area contributed by atoms with Crippen LogP contribution in [0.4, 0.5) is 21.8 Å². The van der Waals surface area contributed by atoms with E-state index in [0.717, 1.165) is 40.8 Å². The fourth-order valence-electron chi connectivity index (χ4n) is 3.84. The molecular weight excluding hydrogens is 471 g/mol. The number of benzene rings is 2. The summed E-state index contributed by atoms with van der Waals surface area (Å²) >= 11 is 3.48. The summed E-state index contributed by atoms with van der Waals surface area (Å²) < 4.78 is 14.2. The topological polar surface area (TPSA) is 77.7 Å². The van der Waals surface area contributed by atoms with Gasteiger partial charge < -0.3 is 20.9 Å². The number of halogens is 2. The maximum absolute atomic E-state index is 13.4. The predicted molar refractivity (Wildman–Crippen MR) is 131 cm³/mol. The Bertz CT molecular complexity index is 1300. The van der Waals surface area contributed by atoms with Crippen molar-refractivity contribution in [2.75, 3.05) is 23.7 Å². The van der Waals surface area contributed by atoms with Crippen molar-refractivity contribution in [3.63, 3.8) is 0 Å². The number of aromatic nitrogens is 3. The van der Waals surface area contributed by atoms with Crippen molar-refractivity contribution in [3.05, 3.63) is 82.4 Å². The van der Waals surface area contributed by atoms with E-state index in [-0.39, 0.29) is 5.82 Å². The van der Waals surface area contributed by atoms with Crippen LogP contribution in [0.3, 0.4) is 0 Å². The molecular formula is C24H22BrFN6. The average Bonchev–Trinajstić information content (AvgIpc) is 3.23. The van der Waals surface area contributed by atoms with Gasteiger partial charge in [0, 0.05) is 47.6 Å². The van der Waals surface area contributed by atoms with E-state index in [1.165, 1.54) is 28.7 Å². The number of nitrogens with one attached hydrogen (secondary N) is 4. The predicted octanol–water partition coefficient (Wildman–Crippen LogP) is 5.59. The minimum Gasteiger partial charge on any atom is -0.365 e. The van der Waals surface area contributed by atoms with Crippen LogP contribution in [0.1, 0.15) is 17.5 Å². The van der Waals surface area contributed by atoms with Gasteiger partial charge in [-0.25, -0.2) is 9.37 Å². The molecule has 0 saturated carbocycles. The third-order valence-corrected chi connectivity index (χ3v) is 6.02. The number of nitrogens with zero attached hydrogens (tertiary/aromatic N) is 2. The van der Waals surface area contributed by atoms with E-state index < -0.39 is 0 Å². The normalized spacial score (nSPS) is 13.8. The molecule has 3 heterocycles. The smallest absolute Gasteiger partial charge is 0.229 e. The SMILES string of the molecule is Fc1cccc(CNc2nc(Nc3ccc4[nH]cc(C5=CCNCC5)c4c3)ncc2Br)c1. The third-order valence-electron chi connectivity index (χ3n) is 5.44. The third kappa shape index (κ3) is 4.51. The van der Waals surface area contributed by atoms with Crippen LogP contribution in [-0.2, 0) is 6.54 Å². The zero-order valence-corrected chi connectivity index (χ0v) is 18.8. The lowest BCUT2D eigenvalue weighted by Crippen LogP contribution is -2.19. The van der Waals surface area contributed by atoms with Crippen LogP contribution in [-0.4, -0.2) is 28.0 Å². The van der Waals surface area contributed by atoms with Gasteiger partial charge in [0.05, 0.1) is 4.47 Å². The van der Waals surface area contributed by atoms with Crippen molar-refractivity contribution < 1.29 is 4.39 Å². The molecule has 162 valence electrons. The standard InChI is InChI=1S/C24H22BrFN6/c25-21-14-30-24(32-23(21)29-12-15-2-1-3-17(26)10-15)31-18-4-5-22-19(11-18)20(13-28-22)16-6-8-27-9-7-16/h1-6,10-11,13-14,27-28H,7-9,12H2,(H2,29,30,31,32). The number of rotatable bonds is 6. The first-order valence-corrected chi connectivity index (χ1v) is 11.2. The number of fused-ring (bicyclic) bond motifs is 1. The number of hydrogen-bond acceptors (Lipinski definition) is 5. The van der Waals surface area contributed by atoms with Gasteiger partial charge in [-0.15, -0.1) is 0 Å². The summed E-state index contributed by atoms with van der Waals surface area (Å²) in [6, 6.07) is 12.7. The van der Waals surface area contributed by atoms with Gasteiger partial charge >= 0.3 is 0 Å². The highest BCUT2D eigenvalue weighted by Crippen LogP contribution is 2.31. The van der Waals surface area contributed by atoms with E-state index in [4.69, 9.17) is 0 Å². The molecule has 1 aliphatic heterocycles. The van der Waals surface area contributed by atoms with Crippen LogP contribution in [0.15, 0.2) is 65.4 Å². The van der Waals surface area contributed by atoms with Crippen molar-refractivity contribution in [2.24, 2.45) is 0 Å². The Balaban J connectivity index is 1.36. The van der Waals surface area contributed by atoms with Crippen molar-refractivity contribution >= 4 is 49.9 Å². The fourth-order valence-corrected chi connectivity index (χ4v) is 4.18. The summed E-state index contributed by atoms with van der Waals surface area (Å²) in [6.07, 6.45) is 7.04. The molecule has 8 heteroatoms. The first kappa shape index (κ1) is 20.7. The molecule has 0 fully saturated rings. The number of anilines is 3. The van der Waals surface area contributed by atoms with Crippen LogP contribution >= 0.6 is 15.9 Å². The molecule has 0 spiro atoms. The molecule has 4 N–H and O–H groups in total. The molecule has 0 radical (unpaired) electrons. The van der Waals surface area contributed by atoms with Crippen LogP contribution in [0.2, 0.25) is 0 Å². The van der Waals surface area contributed by atoms with Crippen LogP contribution in [0, 0.1) is 5.82 Å². The van der Waals surface area contributed by atoms with Crippen molar-refractivity contribution in [1.29, 1.82) is 0 Å². The fraction of sp³-hybridized carbons (Fsp3) is 0.167. The second-order valence-corrected chi connectivity index (χ2v) is 8.50. The quantitative estimate of drug-likeness (QED) is 0.282. The lowest BCUT2D eigenvalue weighted by Gasteiger charge is -2.14. The van der Waals surface area contributed by atoms with Gasteiger partial charge in [0.1, 0.15) is 11.6 Å². The second-order valence-electron chi connectivity index (χ2n) is 7.64. The van der Waals surface area contributed by atoms with Gasteiger partial charge in [0.25, 0.3) is 0 Å². The molecule has 32 heavy (non-hydrogen) atoms. The first-order valence-electron chi connectivity index (χ1n) is 10.4.